The van der Waals surface area contributed by atoms with Gasteiger partial charge in [-0.2, -0.15) is 18.3 Å². The van der Waals surface area contributed by atoms with E-state index in [1.165, 1.54) is 0 Å². The molecule has 0 aliphatic carbocycles. The van der Waals surface area contributed by atoms with Gasteiger partial charge in [-0.15, -0.1) is 0 Å². The van der Waals surface area contributed by atoms with Crippen LogP contribution in [0.1, 0.15) is 19.8 Å². The van der Waals surface area contributed by atoms with Gasteiger partial charge in [-0.25, -0.2) is 23.1 Å². The molecular formula is C17H19F3N6O2S. The first-order valence-electron chi connectivity index (χ1n) is 9.03. The van der Waals surface area contributed by atoms with Crippen LogP contribution in [-0.2, 0) is 10.0 Å². The molecule has 8 nitrogen and oxygen atoms in total. The highest BCUT2D eigenvalue weighted by Crippen LogP contribution is 2.34. The second-order valence-corrected chi connectivity index (χ2v) is 9.01. The molecule has 4 rings (SSSR count). The van der Waals surface area contributed by atoms with Crippen LogP contribution >= 0.6 is 0 Å². The quantitative estimate of drug-likeness (QED) is 0.661. The van der Waals surface area contributed by atoms with Crippen molar-refractivity contribution in [2.45, 2.75) is 38.0 Å². The number of alkyl halides is 3. The van der Waals surface area contributed by atoms with Crippen molar-refractivity contribution >= 4 is 37.6 Å². The summed E-state index contributed by atoms with van der Waals surface area (Å²) in [6.45, 7) is 2.22. The molecule has 3 aromatic rings. The van der Waals surface area contributed by atoms with E-state index in [4.69, 9.17) is 0 Å². The molecule has 3 aromatic heterocycles. The van der Waals surface area contributed by atoms with Crippen LogP contribution in [0.15, 0.2) is 24.7 Å². The second-order valence-electron chi connectivity index (χ2n) is 7.25. The molecule has 0 saturated carbocycles. The molecular weight excluding hydrogens is 409 g/mol. The number of sulfonamides is 1. The standard InChI is InChI=1S/C17H19F3N6O2S/c1-10-2-3-11(25-29(27,28)9-17(18,19)20)8-26(10)14-7-23-24-13-6-22-16-12(15(13)14)4-5-21-16/h4-7,10-11,24-25H,2-3,8-9H2,1H3. The van der Waals surface area contributed by atoms with Crippen molar-refractivity contribution in [2.24, 2.45) is 0 Å². The van der Waals surface area contributed by atoms with E-state index in [1.807, 2.05) is 17.9 Å². The van der Waals surface area contributed by atoms with Crippen LogP contribution in [0.3, 0.4) is 0 Å². The maximum atomic E-state index is 12.5. The highest BCUT2D eigenvalue weighted by Gasteiger charge is 2.37. The lowest BCUT2D eigenvalue weighted by Crippen LogP contribution is -2.52. The Balaban J connectivity index is 1.67. The number of hydrogen-bond acceptors (Lipinski definition) is 6. The molecule has 0 spiro atoms. The zero-order chi connectivity index (χ0) is 20.8. The summed E-state index contributed by atoms with van der Waals surface area (Å²) >= 11 is 0. The molecule has 2 unspecified atom stereocenters. The average Bonchev–Trinajstić information content (AvgIpc) is 3.09. The molecule has 4 heterocycles. The van der Waals surface area contributed by atoms with E-state index in [-0.39, 0.29) is 12.6 Å². The molecule has 0 amide bonds. The first-order valence-corrected chi connectivity index (χ1v) is 10.7. The molecule has 0 aromatic carbocycles. The number of rotatable bonds is 4. The maximum absolute atomic E-state index is 12.5. The summed E-state index contributed by atoms with van der Waals surface area (Å²) in [4.78, 5) is 10.5. The number of anilines is 1. The highest BCUT2D eigenvalue weighted by molar-refractivity contribution is 7.89. The summed E-state index contributed by atoms with van der Waals surface area (Å²) in [6.07, 6.45) is 1.19. The van der Waals surface area contributed by atoms with Gasteiger partial charge < -0.3 is 4.90 Å². The van der Waals surface area contributed by atoms with E-state index in [1.54, 1.807) is 18.6 Å². The summed E-state index contributed by atoms with van der Waals surface area (Å²) in [7, 11) is -4.47. The average molecular weight is 428 g/mol. The van der Waals surface area contributed by atoms with Crippen molar-refractivity contribution in [1.29, 1.82) is 0 Å². The van der Waals surface area contributed by atoms with E-state index < -0.39 is 28.0 Å². The molecule has 1 aliphatic rings. The fourth-order valence-corrected chi connectivity index (χ4v) is 5.03. The van der Waals surface area contributed by atoms with E-state index >= 15 is 0 Å². The fourth-order valence-electron chi connectivity index (χ4n) is 3.82. The van der Waals surface area contributed by atoms with Gasteiger partial charge in [-0.3, -0.25) is 5.10 Å². The van der Waals surface area contributed by atoms with Crippen LogP contribution in [0.25, 0.3) is 21.9 Å². The lowest BCUT2D eigenvalue weighted by Gasteiger charge is -2.40. The van der Waals surface area contributed by atoms with Crippen molar-refractivity contribution < 1.29 is 21.6 Å². The number of nitrogens with one attached hydrogen (secondary N) is 2. The Morgan fingerprint density at radius 3 is 2.83 bits per heavy atom. The predicted molar refractivity (Wildman–Crippen MR) is 102 cm³/mol. The number of H-pyrrole nitrogens is 1. The molecule has 12 heteroatoms. The Morgan fingerprint density at radius 1 is 1.28 bits per heavy atom. The molecule has 1 aliphatic heterocycles. The normalized spacial score (nSPS) is 21.2. The van der Waals surface area contributed by atoms with Gasteiger partial charge >= 0.3 is 6.18 Å². The zero-order valence-electron chi connectivity index (χ0n) is 15.4. The Hall–Kier alpha value is -2.47. The molecule has 2 N–H and O–H groups in total. The van der Waals surface area contributed by atoms with E-state index in [9.17, 15) is 21.6 Å². The maximum Gasteiger partial charge on any atom is 0.404 e. The van der Waals surface area contributed by atoms with E-state index in [2.05, 4.69) is 24.9 Å². The largest absolute Gasteiger partial charge is 0.404 e. The summed E-state index contributed by atoms with van der Waals surface area (Å²) in [6, 6.07) is 1.25. The molecule has 2 atom stereocenters. The Morgan fingerprint density at radius 2 is 2.07 bits per heavy atom. The minimum absolute atomic E-state index is 0.0527. The number of pyridine rings is 1. The van der Waals surface area contributed by atoms with Crippen molar-refractivity contribution in [3.8, 4) is 0 Å². The minimum atomic E-state index is -4.79. The molecule has 0 bridgehead atoms. The summed E-state index contributed by atoms with van der Waals surface area (Å²) in [5.41, 5.74) is 2.02. The number of nitrogens with zero attached hydrogens (tertiary/aromatic N) is 4. The third-order valence-electron chi connectivity index (χ3n) is 5.05. The monoisotopic (exact) mass is 428 g/mol. The lowest BCUT2D eigenvalue weighted by molar-refractivity contribution is -0.106. The Kier molecular flexibility index (Phi) is 4.85. The molecule has 1 fully saturated rings. The Labute approximate surface area is 164 Å². The van der Waals surface area contributed by atoms with Crippen molar-refractivity contribution in [1.82, 2.24) is 24.9 Å². The van der Waals surface area contributed by atoms with Gasteiger partial charge in [-0.1, -0.05) is 0 Å². The first kappa shape index (κ1) is 19.8. The number of aromatic nitrogens is 4. The van der Waals surface area contributed by atoms with Crippen LogP contribution in [-0.4, -0.2) is 59.1 Å². The third kappa shape index (κ3) is 4.13. The number of hydrogen-bond donors (Lipinski definition) is 2. The highest BCUT2D eigenvalue weighted by atomic mass is 32.2. The van der Waals surface area contributed by atoms with E-state index in [0.29, 0.717) is 24.0 Å². The number of halogens is 3. The summed E-state index contributed by atoms with van der Waals surface area (Å²) in [5, 5.41) is 8.71. The van der Waals surface area contributed by atoms with Crippen LogP contribution in [0.5, 0.6) is 0 Å². The number of piperidine rings is 1. The Bertz CT molecular complexity index is 1150. The first-order chi connectivity index (χ1) is 13.6. The topological polar surface area (TPSA) is 104 Å². The van der Waals surface area contributed by atoms with Gasteiger partial charge in [0.25, 0.3) is 0 Å². The SMILES string of the molecule is CC1CCC(NS(=O)(=O)CC(F)(F)F)CN1c1cn[nH]c2cnc3nccc3c12. The predicted octanol–water partition coefficient (Wildman–Crippen LogP) is 2.35. The van der Waals surface area contributed by atoms with Crippen LogP contribution in [0.2, 0.25) is 0 Å². The van der Waals surface area contributed by atoms with Crippen LogP contribution < -0.4 is 9.62 Å². The third-order valence-corrected chi connectivity index (χ3v) is 6.45. The molecule has 0 radical (unpaired) electrons. The van der Waals surface area contributed by atoms with Gasteiger partial charge in [0.15, 0.2) is 11.4 Å². The van der Waals surface area contributed by atoms with Gasteiger partial charge in [0.1, 0.15) is 0 Å². The van der Waals surface area contributed by atoms with Crippen LogP contribution in [0, 0.1) is 0 Å². The van der Waals surface area contributed by atoms with Gasteiger partial charge in [0.05, 0.1) is 23.6 Å². The number of aromatic amines is 1. The van der Waals surface area contributed by atoms with Crippen molar-refractivity contribution in [3.63, 3.8) is 0 Å². The minimum Gasteiger partial charge on any atom is -0.365 e. The van der Waals surface area contributed by atoms with E-state index in [0.717, 1.165) is 16.5 Å². The van der Waals surface area contributed by atoms with Crippen molar-refractivity contribution in [2.75, 3.05) is 17.2 Å². The van der Waals surface area contributed by atoms with Gasteiger partial charge in [0.2, 0.25) is 10.0 Å². The summed E-state index contributed by atoms with van der Waals surface area (Å²) < 4.78 is 63.7. The molecule has 1 saturated heterocycles. The smallest absolute Gasteiger partial charge is 0.365 e. The molecule has 156 valence electrons. The van der Waals surface area contributed by atoms with Gasteiger partial charge in [-0.05, 0) is 25.8 Å². The number of fused-ring (bicyclic) bond motifs is 3. The summed E-state index contributed by atoms with van der Waals surface area (Å²) in [5.74, 6) is -1.89. The lowest BCUT2D eigenvalue weighted by atomic mass is 9.98. The fraction of sp³-hybridized carbons (Fsp3) is 0.471. The zero-order valence-corrected chi connectivity index (χ0v) is 16.3. The van der Waals surface area contributed by atoms with Crippen molar-refractivity contribution in [3.05, 3.63) is 24.7 Å². The van der Waals surface area contributed by atoms with Crippen LogP contribution in [0.4, 0.5) is 18.9 Å². The molecule has 29 heavy (non-hydrogen) atoms. The van der Waals surface area contributed by atoms with Gasteiger partial charge in [0, 0.05) is 35.6 Å². The second kappa shape index (κ2) is 7.10.